The molecule has 2 fully saturated rings. The van der Waals surface area contributed by atoms with Gasteiger partial charge in [-0.2, -0.15) is 0 Å². The lowest BCUT2D eigenvalue weighted by atomic mass is 10.1. The number of thiophene rings is 1. The third kappa shape index (κ3) is 4.13. The Labute approximate surface area is 163 Å². The summed E-state index contributed by atoms with van der Waals surface area (Å²) in [6, 6.07) is 7.64. The van der Waals surface area contributed by atoms with Crippen molar-refractivity contribution in [3.63, 3.8) is 0 Å². The van der Waals surface area contributed by atoms with Crippen LogP contribution in [0.5, 0.6) is 0 Å². The van der Waals surface area contributed by atoms with Gasteiger partial charge in [0.25, 0.3) is 5.91 Å². The number of nitrogens with one attached hydrogen (secondary N) is 1. The molecule has 2 aliphatic rings. The van der Waals surface area contributed by atoms with Crippen molar-refractivity contribution in [1.29, 1.82) is 0 Å². The molecule has 1 N–H and O–H groups in total. The maximum Gasteiger partial charge on any atom is 0.264 e. The number of hydrogen-bond donors (Lipinski definition) is 1. The number of hydrogen-bond acceptors (Lipinski definition) is 5. The van der Waals surface area contributed by atoms with Gasteiger partial charge in [-0.05, 0) is 36.4 Å². The van der Waals surface area contributed by atoms with Gasteiger partial charge in [-0.3, -0.25) is 9.59 Å². The highest BCUT2D eigenvalue weighted by atomic mass is 32.1. The molecule has 0 unspecified atom stereocenters. The molecule has 0 atom stereocenters. The van der Waals surface area contributed by atoms with Gasteiger partial charge in [0.15, 0.2) is 0 Å². The van der Waals surface area contributed by atoms with Gasteiger partial charge >= 0.3 is 0 Å². The summed E-state index contributed by atoms with van der Waals surface area (Å²) in [5, 5.41) is 4.91. The lowest BCUT2D eigenvalue weighted by molar-refractivity contribution is -0.119. The molecule has 1 saturated heterocycles. The van der Waals surface area contributed by atoms with Crippen molar-refractivity contribution < 1.29 is 9.59 Å². The first-order valence-electron chi connectivity index (χ1n) is 9.55. The molecule has 2 aromatic heterocycles. The molecule has 1 aliphatic heterocycles. The van der Waals surface area contributed by atoms with Crippen molar-refractivity contribution in [2.24, 2.45) is 5.92 Å². The van der Waals surface area contributed by atoms with Crippen LogP contribution in [0.4, 0.5) is 11.5 Å². The van der Waals surface area contributed by atoms with E-state index < -0.39 is 0 Å². The predicted molar refractivity (Wildman–Crippen MR) is 107 cm³/mol. The van der Waals surface area contributed by atoms with E-state index in [0.717, 1.165) is 55.2 Å². The van der Waals surface area contributed by atoms with E-state index in [9.17, 15) is 9.59 Å². The number of amides is 2. The minimum Gasteiger partial charge on any atom is -0.353 e. The van der Waals surface area contributed by atoms with Gasteiger partial charge < -0.3 is 15.1 Å². The van der Waals surface area contributed by atoms with E-state index in [1.54, 1.807) is 6.20 Å². The molecule has 2 amide bonds. The fourth-order valence-corrected chi connectivity index (χ4v) is 4.46. The summed E-state index contributed by atoms with van der Waals surface area (Å²) in [6.07, 6.45) is 6.01. The van der Waals surface area contributed by atoms with Gasteiger partial charge in [-0.25, -0.2) is 4.98 Å². The lowest BCUT2D eigenvalue weighted by Crippen LogP contribution is -2.48. The van der Waals surface area contributed by atoms with Crippen LogP contribution < -0.4 is 10.2 Å². The van der Waals surface area contributed by atoms with Crippen molar-refractivity contribution in [3.05, 3.63) is 40.7 Å². The Morgan fingerprint density at radius 1 is 1.07 bits per heavy atom. The molecule has 3 heterocycles. The normalized spacial score (nSPS) is 17.9. The number of aromatic nitrogens is 1. The summed E-state index contributed by atoms with van der Waals surface area (Å²) in [6.45, 7) is 2.91. The molecule has 4 rings (SSSR count). The summed E-state index contributed by atoms with van der Waals surface area (Å²) in [5.74, 6) is 1.26. The lowest BCUT2D eigenvalue weighted by Gasteiger charge is -2.35. The summed E-state index contributed by atoms with van der Waals surface area (Å²) >= 11 is 1.49. The first-order valence-corrected chi connectivity index (χ1v) is 10.4. The number of piperazine rings is 1. The molecule has 2 aromatic rings. The van der Waals surface area contributed by atoms with E-state index in [1.165, 1.54) is 11.3 Å². The van der Waals surface area contributed by atoms with E-state index in [1.807, 2.05) is 34.5 Å². The fourth-order valence-electron chi connectivity index (χ4n) is 3.77. The molecular formula is C20H24N4O2S. The molecule has 0 aromatic carbocycles. The van der Waals surface area contributed by atoms with E-state index in [0.29, 0.717) is 13.1 Å². The van der Waals surface area contributed by atoms with Gasteiger partial charge in [0, 0.05) is 32.1 Å². The third-order valence-electron chi connectivity index (χ3n) is 5.36. The number of rotatable bonds is 4. The minimum absolute atomic E-state index is 0.114. The van der Waals surface area contributed by atoms with Crippen molar-refractivity contribution in [2.75, 3.05) is 36.4 Å². The van der Waals surface area contributed by atoms with E-state index >= 15 is 0 Å². The fraction of sp³-hybridized carbons (Fsp3) is 0.450. The van der Waals surface area contributed by atoms with Crippen LogP contribution in [-0.2, 0) is 4.79 Å². The van der Waals surface area contributed by atoms with Crippen LogP contribution in [0.25, 0.3) is 0 Å². The summed E-state index contributed by atoms with van der Waals surface area (Å²) < 4.78 is 0. The smallest absolute Gasteiger partial charge is 0.264 e. The SMILES string of the molecule is O=C(Nc1ccc(N2CCN(C(=O)c3cccs3)CC2)nc1)C1CCCC1. The second kappa shape index (κ2) is 8.08. The zero-order valence-electron chi connectivity index (χ0n) is 15.3. The number of carbonyl (C=O) groups excluding carboxylic acids is 2. The van der Waals surface area contributed by atoms with Crippen LogP contribution in [-0.4, -0.2) is 47.9 Å². The Morgan fingerprint density at radius 3 is 2.48 bits per heavy atom. The second-order valence-corrected chi connectivity index (χ2v) is 8.08. The van der Waals surface area contributed by atoms with E-state index in [2.05, 4.69) is 15.2 Å². The van der Waals surface area contributed by atoms with Crippen LogP contribution in [0.15, 0.2) is 35.8 Å². The number of nitrogens with zero attached hydrogens (tertiary/aromatic N) is 3. The standard InChI is InChI=1S/C20H24N4O2S/c25-19(15-4-1-2-5-15)22-16-7-8-18(21-14-16)23-9-11-24(12-10-23)20(26)17-6-3-13-27-17/h3,6-8,13-15H,1-2,4-5,9-12H2,(H,22,25). The highest BCUT2D eigenvalue weighted by molar-refractivity contribution is 7.12. The van der Waals surface area contributed by atoms with Crippen LogP contribution in [0.3, 0.4) is 0 Å². The van der Waals surface area contributed by atoms with Gasteiger partial charge in [0.2, 0.25) is 5.91 Å². The van der Waals surface area contributed by atoms with Gasteiger partial charge in [0.05, 0.1) is 16.8 Å². The molecule has 0 bridgehead atoms. The highest BCUT2D eigenvalue weighted by Gasteiger charge is 2.24. The molecule has 142 valence electrons. The first-order chi connectivity index (χ1) is 13.2. The average Bonchev–Trinajstić information content (AvgIpc) is 3.42. The Bertz CT molecular complexity index is 777. The molecule has 27 heavy (non-hydrogen) atoms. The third-order valence-corrected chi connectivity index (χ3v) is 6.22. The van der Waals surface area contributed by atoms with Crippen LogP contribution in [0.1, 0.15) is 35.4 Å². The van der Waals surface area contributed by atoms with Gasteiger partial charge in [-0.1, -0.05) is 18.9 Å². The number of carbonyl (C=O) groups is 2. The molecular weight excluding hydrogens is 360 g/mol. The molecule has 0 radical (unpaired) electrons. The first kappa shape index (κ1) is 18.0. The Balaban J connectivity index is 1.31. The zero-order valence-corrected chi connectivity index (χ0v) is 16.1. The molecule has 1 saturated carbocycles. The maximum atomic E-state index is 12.4. The average molecular weight is 385 g/mol. The minimum atomic E-state index is 0.114. The van der Waals surface area contributed by atoms with Crippen molar-refractivity contribution in [1.82, 2.24) is 9.88 Å². The monoisotopic (exact) mass is 384 g/mol. The van der Waals surface area contributed by atoms with Crippen LogP contribution >= 0.6 is 11.3 Å². The topological polar surface area (TPSA) is 65.5 Å². The molecule has 1 aliphatic carbocycles. The maximum absolute atomic E-state index is 12.4. The molecule has 0 spiro atoms. The Morgan fingerprint density at radius 2 is 1.85 bits per heavy atom. The van der Waals surface area contributed by atoms with Crippen molar-refractivity contribution in [2.45, 2.75) is 25.7 Å². The van der Waals surface area contributed by atoms with Gasteiger partial charge in [0.1, 0.15) is 5.82 Å². The van der Waals surface area contributed by atoms with E-state index in [4.69, 9.17) is 0 Å². The quantitative estimate of drug-likeness (QED) is 0.879. The summed E-state index contributed by atoms with van der Waals surface area (Å²) in [4.78, 5) is 34.0. The zero-order chi connectivity index (χ0) is 18.6. The van der Waals surface area contributed by atoms with Gasteiger partial charge in [-0.15, -0.1) is 11.3 Å². The van der Waals surface area contributed by atoms with E-state index in [-0.39, 0.29) is 17.7 Å². The van der Waals surface area contributed by atoms with Crippen LogP contribution in [0.2, 0.25) is 0 Å². The largest absolute Gasteiger partial charge is 0.353 e. The highest BCUT2D eigenvalue weighted by Crippen LogP contribution is 2.26. The van der Waals surface area contributed by atoms with Crippen LogP contribution in [0, 0.1) is 5.92 Å². The van der Waals surface area contributed by atoms with Crippen molar-refractivity contribution in [3.8, 4) is 0 Å². The Kier molecular flexibility index (Phi) is 5.38. The Hall–Kier alpha value is -2.41. The predicted octanol–water partition coefficient (Wildman–Crippen LogP) is 3.23. The molecule has 6 nitrogen and oxygen atoms in total. The molecule has 7 heteroatoms. The van der Waals surface area contributed by atoms with Crippen molar-refractivity contribution >= 4 is 34.7 Å². The summed E-state index contributed by atoms with van der Waals surface area (Å²) in [7, 11) is 0. The number of anilines is 2. The summed E-state index contributed by atoms with van der Waals surface area (Å²) in [5.41, 5.74) is 0.752. The number of pyridine rings is 1. The second-order valence-electron chi connectivity index (χ2n) is 7.13.